The molecule has 18 heavy (non-hydrogen) atoms. The van der Waals surface area contributed by atoms with Crippen LogP contribution in [0.15, 0.2) is 36.5 Å². The molecule has 0 fully saturated rings. The molecule has 5 heteroatoms. The van der Waals surface area contributed by atoms with E-state index in [9.17, 15) is 0 Å². The third kappa shape index (κ3) is 2.91. The first-order valence-electron chi connectivity index (χ1n) is 5.30. The van der Waals surface area contributed by atoms with E-state index in [0.717, 1.165) is 5.75 Å². The van der Waals surface area contributed by atoms with Gasteiger partial charge in [0.25, 0.3) is 0 Å². The number of rotatable bonds is 4. The van der Waals surface area contributed by atoms with E-state index in [1.807, 2.05) is 0 Å². The van der Waals surface area contributed by atoms with E-state index in [2.05, 4.69) is 4.98 Å². The molecule has 0 spiro atoms. The molecular weight excluding hydrogens is 254 g/mol. The molecule has 0 saturated heterocycles. The van der Waals surface area contributed by atoms with Crippen molar-refractivity contribution in [2.24, 2.45) is 0 Å². The number of benzene rings is 1. The van der Waals surface area contributed by atoms with Gasteiger partial charge in [0.2, 0.25) is 5.88 Å². The molecule has 0 aliphatic heterocycles. The van der Waals surface area contributed by atoms with Crippen LogP contribution in [0.4, 0.5) is 0 Å². The molecule has 0 unspecified atom stereocenters. The normalized spacial score (nSPS) is 10.2. The molecule has 0 atom stereocenters. The molecule has 1 aromatic carbocycles. The highest BCUT2D eigenvalue weighted by Crippen LogP contribution is 2.25. The Morgan fingerprint density at radius 3 is 2.50 bits per heavy atom. The van der Waals surface area contributed by atoms with E-state index in [-0.39, 0.29) is 6.61 Å². The number of hydrogen-bond acceptors (Lipinski definition) is 4. The summed E-state index contributed by atoms with van der Waals surface area (Å²) < 4.78 is 10.6. The predicted octanol–water partition coefficient (Wildman–Crippen LogP) is 3.03. The smallest absolute Gasteiger partial charge is 0.219 e. The van der Waals surface area contributed by atoms with Crippen molar-refractivity contribution in [3.8, 4) is 17.4 Å². The zero-order valence-electron chi connectivity index (χ0n) is 9.76. The van der Waals surface area contributed by atoms with Crippen LogP contribution < -0.4 is 9.47 Å². The maximum Gasteiger partial charge on any atom is 0.219 e. The van der Waals surface area contributed by atoms with Crippen molar-refractivity contribution in [1.82, 2.24) is 4.98 Å². The average molecular weight is 266 g/mol. The number of ether oxygens (including phenoxy) is 2. The highest BCUT2D eigenvalue weighted by atomic mass is 35.5. The van der Waals surface area contributed by atoms with Crippen LogP contribution in [0.2, 0.25) is 5.02 Å². The van der Waals surface area contributed by atoms with Gasteiger partial charge in [-0.3, -0.25) is 0 Å². The Kier molecular flexibility index (Phi) is 4.02. The highest BCUT2D eigenvalue weighted by molar-refractivity contribution is 6.31. The van der Waals surface area contributed by atoms with Crippen LogP contribution in [0.25, 0.3) is 0 Å². The van der Waals surface area contributed by atoms with Gasteiger partial charge in [-0.25, -0.2) is 4.98 Å². The largest absolute Gasteiger partial charge is 0.497 e. The Balaban J connectivity index is 2.17. The summed E-state index contributed by atoms with van der Waals surface area (Å²) >= 11 is 5.84. The Morgan fingerprint density at radius 1 is 1.22 bits per heavy atom. The van der Waals surface area contributed by atoms with Crippen LogP contribution in [-0.2, 0) is 6.61 Å². The van der Waals surface area contributed by atoms with E-state index in [4.69, 9.17) is 26.2 Å². The van der Waals surface area contributed by atoms with Crippen LogP contribution in [-0.4, -0.2) is 17.2 Å². The van der Waals surface area contributed by atoms with Gasteiger partial charge >= 0.3 is 0 Å². The summed E-state index contributed by atoms with van der Waals surface area (Å²) in [6.45, 7) is -0.152. The van der Waals surface area contributed by atoms with Crippen LogP contribution in [0.5, 0.6) is 17.4 Å². The fourth-order valence-corrected chi connectivity index (χ4v) is 1.56. The standard InChI is InChI=1S/C13H12ClNO3/c1-17-10-2-4-11(5-3-10)18-13-6-9(8-16)12(14)7-15-13/h2-7,16H,8H2,1H3. The van der Waals surface area contributed by atoms with Gasteiger partial charge in [0.05, 0.1) is 18.7 Å². The molecule has 4 nitrogen and oxygen atoms in total. The lowest BCUT2D eigenvalue weighted by molar-refractivity contribution is 0.281. The number of nitrogens with zero attached hydrogens (tertiary/aromatic N) is 1. The summed E-state index contributed by atoms with van der Waals surface area (Å²) in [4.78, 5) is 4.03. The second-order valence-corrected chi connectivity index (χ2v) is 3.96. The number of halogens is 1. The predicted molar refractivity (Wildman–Crippen MR) is 68.2 cm³/mol. The van der Waals surface area contributed by atoms with Crippen molar-refractivity contribution < 1.29 is 14.6 Å². The summed E-state index contributed by atoms with van der Waals surface area (Å²) in [7, 11) is 1.60. The van der Waals surface area contributed by atoms with Gasteiger partial charge in [-0.2, -0.15) is 0 Å². The van der Waals surface area contributed by atoms with Crippen molar-refractivity contribution >= 4 is 11.6 Å². The first-order valence-corrected chi connectivity index (χ1v) is 5.68. The number of aromatic nitrogens is 1. The van der Waals surface area contributed by atoms with Gasteiger partial charge in [-0.15, -0.1) is 0 Å². The van der Waals surface area contributed by atoms with Gasteiger partial charge in [0.15, 0.2) is 0 Å². The van der Waals surface area contributed by atoms with Crippen molar-refractivity contribution in [1.29, 1.82) is 0 Å². The Morgan fingerprint density at radius 2 is 1.89 bits per heavy atom. The molecule has 1 aromatic heterocycles. The monoisotopic (exact) mass is 265 g/mol. The van der Waals surface area contributed by atoms with Gasteiger partial charge in [0, 0.05) is 17.8 Å². The summed E-state index contributed by atoms with van der Waals surface area (Å²) in [5, 5.41) is 9.51. The van der Waals surface area contributed by atoms with Crippen LogP contribution >= 0.6 is 11.6 Å². The summed E-state index contributed by atoms with van der Waals surface area (Å²) in [6, 6.07) is 8.73. The number of methoxy groups -OCH3 is 1. The van der Waals surface area contributed by atoms with E-state index >= 15 is 0 Å². The fraction of sp³-hybridized carbons (Fsp3) is 0.154. The number of aliphatic hydroxyl groups is 1. The van der Waals surface area contributed by atoms with E-state index < -0.39 is 0 Å². The van der Waals surface area contributed by atoms with E-state index in [1.54, 1.807) is 37.4 Å². The second-order valence-electron chi connectivity index (χ2n) is 3.55. The topological polar surface area (TPSA) is 51.6 Å². The van der Waals surface area contributed by atoms with Gasteiger partial charge in [-0.1, -0.05) is 11.6 Å². The number of aliphatic hydroxyl groups excluding tert-OH is 1. The summed E-state index contributed by atoms with van der Waals surface area (Å²) in [6.07, 6.45) is 1.45. The first-order chi connectivity index (χ1) is 8.72. The Hall–Kier alpha value is -1.78. The maximum atomic E-state index is 9.09. The van der Waals surface area contributed by atoms with Gasteiger partial charge < -0.3 is 14.6 Å². The molecule has 0 aliphatic rings. The molecule has 2 rings (SSSR count). The zero-order chi connectivity index (χ0) is 13.0. The second kappa shape index (κ2) is 5.71. The Bertz CT molecular complexity index is 528. The third-order valence-electron chi connectivity index (χ3n) is 2.36. The molecule has 94 valence electrons. The lowest BCUT2D eigenvalue weighted by Gasteiger charge is -2.07. The number of hydrogen-bond donors (Lipinski definition) is 1. The molecule has 1 N–H and O–H groups in total. The third-order valence-corrected chi connectivity index (χ3v) is 2.70. The lowest BCUT2D eigenvalue weighted by atomic mass is 10.3. The Labute approximate surface area is 110 Å². The number of pyridine rings is 1. The summed E-state index contributed by atoms with van der Waals surface area (Å²) in [5.41, 5.74) is 0.579. The van der Waals surface area contributed by atoms with E-state index in [1.165, 1.54) is 6.20 Å². The van der Waals surface area contributed by atoms with Crippen molar-refractivity contribution in [2.75, 3.05) is 7.11 Å². The van der Waals surface area contributed by atoms with Crippen LogP contribution in [0.3, 0.4) is 0 Å². The fourth-order valence-electron chi connectivity index (χ4n) is 1.40. The SMILES string of the molecule is COc1ccc(Oc2cc(CO)c(Cl)cn2)cc1. The van der Waals surface area contributed by atoms with Crippen LogP contribution in [0, 0.1) is 0 Å². The van der Waals surface area contributed by atoms with Gasteiger partial charge in [0.1, 0.15) is 11.5 Å². The highest BCUT2D eigenvalue weighted by Gasteiger charge is 2.04. The minimum atomic E-state index is -0.152. The zero-order valence-corrected chi connectivity index (χ0v) is 10.5. The molecule has 2 aromatic rings. The van der Waals surface area contributed by atoms with E-state index in [0.29, 0.717) is 22.2 Å². The minimum absolute atomic E-state index is 0.152. The quantitative estimate of drug-likeness (QED) is 0.923. The first kappa shape index (κ1) is 12.7. The molecule has 0 radical (unpaired) electrons. The van der Waals surface area contributed by atoms with Crippen molar-refractivity contribution in [3.05, 3.63) is 47.1 Å². The maximum absolute atomic E-state index is 9.09. The van der Waals surface area contributed by atoms with Crippen molar-refractivity contribution in [3.63, 3.8) is 0 Å². The molecule has 0 saturated carbocycles. The average Bonchev–Trinajstić information content (AvgIpc) is 2.42. The molecule has 0 aliphatic carbocycles. The molecule has 0 bridgehead atoms. The summed E-state index contributed by atoms with van der Waals surface area (Å²) in [5.74, 6) is 1.77. The van der Waals surface area contributed by atoms with Gasteiger partial charge in [-0.05, 0) is 24.3 Å². The molecule has 0 amide bonds. The minimum Gasteiger partial charge on any atom is -0.497 e. The molecule has 1 heterocycles. The van der Waals surface area contributed by atoms with Crippen LogP contribution in [0.1, 0.15) is 5.56 Å². The lowest BCUT2D eigenvalue weighted by Crippen LogP contribution is -1.92. The molecular formula is C13H12ClNO3. The van der Waals surface area contributed by atoms with Crippen molar-refractivity contribution in [2.45, 2.75) is 6.61 Å².